The van der Waals surface area contributed by atoms with E-state index in [2.05, 4.69) is 37.9 Å². The van der Waals surface area contributed by atoms with Gasteiger partial charge in [-0.15, -0.1) is 0 Å². The third-order valence-electron chi connectivity index (χ3n) is 3.08. The normalized spacial score (nSPS) is 24.1. The molecule has 0 aromatic rings. The highest BCUT2D eigenvalue weighted by Gasteiger charge is 2.20. The van der Waals surface area contributed by atoms with E-state index in [-0.39, 0.29) is 10.8 Å². The molecule has 0 radical (unpaired) electrons. The first kappa shape index (κ1) is 13.9. The highest BCUT2D eigenvalue weighted by atomic mass is 79.9. The molecular weight excluding hydrogens is 272 g/mol. The number of esters is 1. The van der Waals surface area contributed by atoms with Crippen molar-refractivity contribution in [3.8, 4) is 0 Å². The molecule has 16 heavy (non-hydrogen) atoms. The maximum Gasteiger partial charge on any atom is 0.320 e. The lowest BCUT2D eigenvalue weighted by Gasteiger charge is -2.32. The number of likely N-dealkylation sites (tertiary alicyclic amines) is 1. The van der Waals surface area contributed by atoms with Crippen LogP contribution < -0.4 is 5.32 Å². The number of ether oxygens (including phenoxy) is 1. The van der Waals surface area contributed by atoms with E-state index in [4.69, 9.17) is 0 Å². The summed E-state index contributed by atoms with van der Waals surface area (Å²) in [4.78, 5) is 13.3. The standard InChI is InChI=1S/C11H21BrN2O2/c1-14-6-4-3-5-9(14)7-13-8-10(12)11(15)16-2/h9-10,13H,3-8H2,1-2H3. The minimum Gasteiger partial charge on any atom is -0.468 e. The summed E-state index contributed by atoms with van der Waals surface area (Å²) >= 11 is 3.29. The number of carbonyl (C=O) groups is 1. The number of halogens is 1. The van der Waals surface area contributed by atoms with Gasteiger partial charge in [0, 0.05) is 19.1 Å². The number of nitrogens with zero attached hydrogens (tertiary/aromatic N) is 1. The zero-order valence-corrected chi connectivity index (χ0v) is 11.6. The Balaban J connectivity index is 2.16. The summed E-state index contributed by atoms with van der Waals surface area (Å²) in [5, 5.41) is 3.31. The van der Waals surface area contributed by atoms with Gasteiger partial charge in [-0.3, -0.25) is 4.79 Å². The van der Waals surface area contributed by atoms with E-state index >= 15 is 0 Å². The lowest BCUT2D eigenvalue weighted by atomic mass is 10.0. The van der Waals surface area contributed by atoms with E-state index in [0.717, 1.165) is 6.54 Å². The Morgan fingerprint density at radius 3 is 3.00 bits per heavy atom. The summed E-state index contributed by atoms with van der Waals surface area (Å²) in [5.74, 6) is -0.218. The summed E-state index contributed by atoms with van der Waals surface area (Å²) in [5.41, 5.74) is 0. The van der Waals surface area contributed by atoms with Gasteiger partial charge in [0.15, 0.2) is 0 Å². The lowest BCUT2D eigenvalue weighted by Crippen LogP contribution is -2.44. The topological polar surface area (TPSA) is 41.6 Å². The number of carbonyl (C=O) groups excluding carboxylic acids is 1. The van der Waals surface area contributed by atoms with Crippen LogP contribution in [0.5, 0.6) is 0 Å². The summed E-state index contributed by atoms with van der Waals surface area (Å²) in [7, 11) is 3.57. The quantitative estimate of drug-likeness (QED) is 0.606. The lowest BCUT2D eigenvalue weighted by molar-refractivity contribution is -0.139. The largest absolute Gasteiger partial charge is 0.468 e. The fourth-order valence-electron chi connectivity index (χ4n) is 1.99. The van der Waals surface area contributed by atoms with Crippen molar-refractivity contribution in [2.75, 3.05) is 33.8 Å². The second kappa shape index (κ2) is 7.25. The van der Waals surface area contributed by atoms with E-state index < -0.39 is 0 Å². The third kappa shape index (κ3) is 4.39. The molecule has 0 aromatic carbocycles. The molecule has 1 aliphatic heterocycles. The smallest absolute Gasteiger partial charge is 0.320 e. The Kier molecular flexibility index (Phi) is 6.31. The van der Waals surface area contributed by atoms with Crippen LogP contribution in [0.1, 0.15) is 19.3 Å². The van der Waals surface area contributed by atoms with Gasteiger partial charge in [0.2, 0.25) is 0 Å². The first-order valence-corrected chi connectivity index (χ1v) is 6.69. The van der Waals surface area contributed by atoms with Crippen molar-refractivity contribution >= 4 is 21.9 Å². The summed E-state index contributed by atoms with van der Waals surface area (Å²) in [6.45, 7) is 2.74. The van der Waals surface area contributed by atoms with Crippen LogP contribution in [-0.4, -0.2) is 55.5 Å². The van der Waals surface area contributed by atoms with E-state index in [9.17, 15) is 4.79 Å². The molecular formula is C11H21BrN2O2. The molecule has 2 atom stereocenters. The van der Waals surface area contributed by atoms with Crippen molar-refractivity contribution < 1.29 is 9.53 Å². The maximum atomic E-state index is 11.1. The van der Waals surface area contributed by atoms with Gasteiger partial charge in [-0.1, -0.05) is 22.4 Å². The van der Waals surface area contributed by atoms with Crippen LogP contribution in [0.15, 0.2) is 0 Å². The fraction of sp³-hybridized carbons (Fsp3) is 0.909. The molecule has 0 saturated carbocycles. The Labute approximate surface area is 106 Å². The Morgan fingerprint density at radius 1 is 1.62 bits per heavy atom. The molecule has 1 aliphatic rings. The van der Waals surface area contributed by atoms with Gasteiger partial charge in [0.05, 0.1) is 7.11 Å². The minimum absolute atomic E-state index is 0.218. The van der Waals surface area contributed by atoms with Crippen molar-refractivity contribution in [3.05, 3.63) is 0 Å². The molecule has 1 heterocycles. The molecule has 1 saturated heterocycles. The Bertz CT molecular complexity index is 226. The average molecular weight is 293 g/mol. The summed E-state index contributed by atoms with van der Waals surface area (Å²) < 4.78 is 4.64. The van der Waals surface area contributed by atoms with E-state index in [0.29, 0.717) is 12.6 Å². The van der Waals surface area contributed by atoms with Crippen LogP contribution in [0.3, 0.4) is 0 Å². The first-order chi connectivity index (χ1) is 7.65. The average Bonchev–Trinajstić information content (AvgIpc) is 2.30. The minimum atomic E-state index is -0.244. The van der Waals surface area contributed by atoms with Crippen LogP contribution in [0.25, 0.3) is 0 Å². The van der Waals surface area contributed by atoms with E-state index in [1.165, 1.54) is 32.9 Å². The van der Waals surface area contributed by atoms with Gasteiger partial charge in [-0.05, 0) is 26.4 Å². The number of piperidine rings is 1. The van der Waals surface area contributed by atoms with Crippen LogP contribution in [0.2, 0.25) is 0 Å². The van der Waals surface area contributed by atoms with Crippen LogP contribution in [0.4, 0.5) is 0 Å². The van der Waals surface area contributed by atoms with Crippen molar-refractivity contribution in [2.24, 2.45) is 0 Å². The highest BCUT2D eigenvalue weighted by molar-refractivity contribution is 9.10. The van der Waals surface area contributed by atoms with E-state index in [1.54, 1.807) is 0 Å². The highest BCUT2D eigenvalue weighted by Crippen LogP contribution is 2.14. The van der Waals surface area contributed by atoms with Crippen LogP contribution in [-0.2, 0) is 9.53 Å². The molecule has 0 amide bonds. The van der Waals surface area contributed by atoms with Gasteiger partial charge < -0.3 is 15.0 Å². The van der Waals surface area contributed by atoms with Crippen molar-refractivity contribution in [1.82, 2.24) is 10.2 Å². The number of rotatable bonds is 5. The third-order valence-corrected chi connectivity index (χ3v) is 3.78. The molecule has 4 nitrogen and oxygen atoms in total. The molecule has 1 fully saturated rings. The first-order valence-electron chi connectivity index (χ1n) is 5.78. The fourth-order valence-corrected chi connectivity index (χ4v) is 2.41. The molecule has 0 bridgehead atoms. The number of hydrogen-bond donors (Lipinski definition) is 1. The number of alkyl halides is 1. The number of hydrogen-bond acceptors (Lipinski definition) is 4. The molecule has 5 heteroatoms. The maximum absolute atomic E-state index is 11.1. The molecule has 1 rings (SSSR count). The predicted molar refractivity (Wildman–Crippen MR) is 67.9 cm³/mol. The van der Waals surface area contributed by atoms with Crippen molar-refractivity contribution in [3.63, 3.8) is 0 Å². The SMILES string of the molecule is COC(=O)C(Br)CNCC1CCCCN1C. The molecule has 0 aliphatic carbocycles. The molecule has 0 spiro atoms. The number of nitrogens with one attached hydrogen (secondary N) is 1. The summed E-state index contributed by atoms with van der Waals surface area (Å²) in [6, 6.07) is 0.603. The Hall–Kier alpha value is -0.130. The van der Waals surface area contributed by atoms with Gasteiger partial charge in [-0.2, -0.15) is 0 Å². The molecule has 1 N–H and O–H groups in total. The van der Waals surface area contributed by atoms with Crippen molar-refractivity contribution in [1.29, 1.82) is 0 Å². The molecule has 2 unspecified atom stereocenters. The number of methoxy groups -OCH3 is 1. The van der Waals surface area contributed by atoms with Crippen molar-refractivity contribution in [2.45, 2.75) is 30.1 Å². The monoisotopic (exact) mass is 292 g/mol. The predicted octanol–water partition coefficient (Wildman–Crippen LogP) is 0.997. The molecule has 0 aromatic heterocycles. The van der Waals surface area contributed by atoms with Gasteiger partial charge in [0.1, 0.15) is 4.83 Å². The van der Waals surface area contributed by atoms with Crippen LogP contribution >= 0.6 is 15.9 Å². The van der Waals surface area contributed by atoms with Gasteiger partial charge >= 0.3 is 5.97 Å². The van der Waals surface area contributed by atoms with Crippen LogP contribution in [0, 0.1) is 0 Å². The number of likely N-dealkylation sites (N-methyl/N-ethyl adjacent to an activating group) is 1. The second-order valence-corrected chi connectivity index (χ2v) is 5.38. The zero-order chi connectivity index (χ0) is 12.0. The molecule has 94 valence electrons. The van der Waals surface area contributed by atoms with Gasteiger partial charge in [-0.25, -0.2) is 0 Å². The second-order valence-electron chi connectivity index (χ2n) is 4.28. The zero-order valence-electron chi connectivity index (χ0n) is 10.0. The summed E-state index contributed by atoms with van der Waals surface area (Å²) in [6.07, 6.45) is 3.86. The Morgan fingerprint density at radius 2 is 2.38 bits per heavy atom. The van der Waals surface area contributed by atoms with Gasteiger partial charge in [0.25, 0.3) is 0 Å². The van der Waals surface area contributed by atoms with E-state index in [1.807, 2.05) is 0 Å².